The number of anilines is 1. The van der Waals surface area contributed by atoms with Gasteiger partial charge in [-0.05, 0) is 18.9 Å². The van der Waals surface area contributed by atoms with Gasteiger partial charge in [0.05, 0.1) is 11.5 Å². The van der Waals surface area contributed by atoms with Gasteiger partial charge in [0.2, 0.25) is 0 Å². The van der Waals surface area contributed by atoms with E-state index < -0.39 is 11.4 Å². The van der Waals surface area contributed by atoms with Crippen LogP contribution in [0.5, 0.6) is 0 Å². The van der Waals surface area contributed by atoms with E-state index >= 15 is 0 Å². The molecule has 0 amide bonds. The third-order valence-electron chi connectivity index (χ3n) is 3.87. The minimum Gasteiger partial charge on any atom is -0.480 e. The summed E-state index contributed by atoms with van der Waals surface area (Å²) in [5.74, 6) is -0.248. The molecule has 0 aliphatic carbocycles. The van der Waals surface area contributed by atoms with Gasteiger partial charge in [-0.15, -0.1) is 0 Å². The van der Waals surface area contributed by atoms with Crippen LogP contribution in [0.2, 0.25) is 0 Å². The molecule has 0 spiro atoms. The number of nitrogens with zero attached hydrogens (tertiary/aromatic N) is 4. The number of hydrogen-bond acceptors (Lipinski definition) is 5. The summed E-state index contributed by atoms with van der Waals surface area (Å²) in [5.41, 5.74) is -0.508. The summed E-state index contributed by atoms with van der Waals surface area (Å²) < 4.78 is 0. The summed E-state index contributed by atoms with van der Waals surface area (Å²) in [6, 6.07) is 3.85. The summed E-state index contributed by atoms with van der Waals surface area (Å²) in [7, 11) is 0. The molecule has 1 fully saturated rings. The zero-order chi connectivity index (χ0) is 14.2. The van der Waals surface area contributed by atoms with E-state index in [0.29, 0.717) is 25.9 Å². The van der Waals surface area contributed by atoms with Crippen molar-refractivity contribution < 1.29 is 9.90 Å². The Balaban J connectivity index is 1.87. The smallest absolute Gasteiger partial charge is 0.324 e. The fourth-order valence-electron chi connectivity index (χ4n) is 2.58. The highest BCUT2D eigenvalue weighted by atomic mass is 16.4. The van der Waals surface area contributed by atoms with Gasteiger partial charge in [-0.2, -0.15) is 5.26 Å². The van der Waals surface area contributed by atoms with Gasteiger partial charge >= 0.3 is 5.97 Å². The highest BCUT2D eigenvalue weighted by Gasteiger charge is 2.42. The third kappa shape index (κ3) is 1.77. The Morgan fingerprint density at radius 3 is 2.85 bits per heavy atom. The first kappa shape index (κ1) is 12.4. The van der Waals surface area contributed by atoms with Crippen molar-refractivity contribution in [3.8, 4) is 6.07 Å². The minimum absolute atomic E-state index is 0.300. The second-order valence-corrected chi connectivity index (χ2v) is 4.92. The normalized spacial score (nSPS) is 17.9. The van der Waals surface area contributed by atoms with Crippen LogP contribution >= 0.6 is 0 Å². The van der Waals surface area contributed by atoms with Crippen molar-refractivity contribution in [1.29, 1.82) is 5.26 Å². The molecule has 1 saturated heterocycles. The highest BCUT2D eigenvalue weighted by Crippen LogP contribution is 2.34. The molecule has 3 heterocycles. The lowest BCUT2D eigenvalue weighted by molar-refractivity contribution is -0.146. The van der Waals surface area contributed by atoms with Crippen LogP contribution in [0, 0.1) is 16.7 Å². The Morgan fingerprint density at radius 2 is 2.20 bits per heavy atom. The first-order chi connectivity index (χ1) is 9.66. The van der Waals surface area contributed by atoms with Gasteiger partial charge in [-0.25, -0.2) is 9.97 Å². The van der Waals surface area contributed by atoms with Crippen molar-refractivity contribution in [1.82, 2.24) is 15.0 Å². The quantitative estimate of drug-likeness (QED) is 0.848. The monoisotopic (exact) mass is 271 g/mol. The summed E-state index contributed by atoms with van der Waals surface area (Å²) in [6.07, 6.45) is 3.88. The fraction of sp³-hybridized carbons (Fsp3) is 0.385. The molecule has 0 saturated carbocycles. The predicted octanol–water partition coefficient (Wildman–Crippen LogP) is 1.15. The average molecular weight is 271 g/mol. The lowest BCUT2D eigenvalue weighted by Crippen LogP contribution is -2.44. The van der Waals surface area contributed by atoms with Gasteiger partial charge in [0.15, 0.2) is 5.41 Å². The summed E-state index contributed by atoms with van der Waals surface area (Å²) in [5, 5.41) is 19.2. The lowest BCUT2D eigenvalue weighted by atomic mass is 9.80. The van der Waals surface area contributed by atoms with Crippen molar-refractivity contribution in [2.45, 2.75) is 12.8 Å². The Hall–Kier alpha value is -2.62. The number of aliphatic carboxylic acids is 1. The number of fused-ring (bicyclic) bond motifs is 1. The van der Waals surface area contributed by atoms with E-state index in [2.05, 4.69) is 15.0 Å². The first-order valence-corrected chi connectivity index (χ1v) is 6.34. The molecule has 102 valence electrons. The molecule has 0 aromatic carbocycles. The second kappa shape index (κ2) is 4.49. The molecule has 0 bridgehead atoms. The maximum Gasteiger partial charge on any atom is 0.324 e. The minimum atomic E-state index is -1.26. The number of carboxylic acid groups (broad SMARTS) is 1. The molecular formula is C13H13N5O2. The second-order valence-electron chi connectivity index (χ2n) is 4.92. The molecule has 20 heavy (non-hydrogen) atoms. The molecule has 7 nitrogen and oxygen atoms in total. The van der Waals surface area contributed by atoms with Crippen LogP contribution in [0.3, 0.4) is 0 Å². The molecule has 2 aromatic rings. The molecule has 7 heteroatoms. The van der Waals surface area contributed by atoms with Gasteiger partial charge < -0.3 is 15.0 Å². The van der Waals surface area contributed by atoms with Gasteiger partial charge in [-0.3, -0.25) is 4.79 Å². The number of piperidine rings is 1. The number of rotatable bonds is 2. The summed E-state index contributed by atoms with van der Waals surface area (Å²) in [6.45, 7) is 0.994. The van der Waals surface area contributed by atoms with E-state index in [9.17, 15) is 9.90 Å². The molecule has 2 aromatic heterocycles. The number of carbonyl (C=O) groups is 1. The number of aromatic amines is 1. The molecule has 0 radical (unpaired) electrons. The number of aromatic nitrogens is 3. The molecule has 0 atom stereocenters. The Labute approximate surface area is 114 Å². The largest absolute Gasteiger partial charge is 0.480 e. The SMILES string of the molecule is N#CC1(C(=O)O)CCN(c2ncnc3[nH]ccc23)CC1. The van der Waals surface area contributed by atoms with Crippen LogP contribution in [-0.4, -0.2) is 39.1 Å². The fourth-order valence-corrected chi connectivity index (χ4v) is 2.58. The Kier molecular flexibility index (Phi) is 2.79. The van der Waals surface area contributed by atoms with Crippen LogP contribution in [0.1, 0.15) is 12.8 Å². The van der Waals surface area contributed by atoms with E-state index in [4.69, 9.17) is 5.26 Å². The Bertz CT molecular complexity index is 694. The van der Waals surface area contributed by atoms with Crippen molar-refractivity contribution >= 4 is 22.8 Å². The van der Waals surface area contributed by atoms with Gasteiger partial charge in [-0.1, -0.05) is 0 Å². The third-order valence-corrected chi connectivity index (χ3v) is 3.87. The maximum absolute atomic E-state index is 11.2. The van der Waals surface area contributed by atoms with Crippen LogP contribution in [0.25, 0.3) is 11.0 Å². The van der Waals surface area contributed by atoms with E-state index in [-0.39, 0.29) is 0 Å². The van der Waals surface area contributed by atoms with E-state index in [1.165, 1.54) is 6.33 Å². The molecular weight excluding hydrogens is 258 g/mol. The molecule has 3 rings (SSSR count). The number of carboxylic acids is 1. The van der Waals surface area contributed by atoms with Crippen molar-refractivity contribution in [3.05, 3.63) is 18.6 Å². The van der Waals surface area contributed by atoms with Crippen molar-refractivity contribution in [2.75, 3.05) is 18.0 Å². The summed E-state index contributed by atoms with van der Waals surface area (Å²) >= 11 is 0. The zero-order valence-corrected chi connectivity index (χ0v) is 10.7. The lowest BCUT2D eigenvalue weighted by Gasteiger charge is -2.35. The highest BCUT2D eigenvalue weighted by molar-refractivity contribution is 5.87. The molecule has 1 aliphatic rings. The zero-order valence-electron chi connectivity index (χ0n) is 10.7. The van der Waals surface area contributed by atoms with Crippen LogP contribution in [0.4, 0.5) is 5.82 Å². The maximum atomic E-state index is 11.2. The topological polar surface area (TPSA) is 106 Å². The van der Waals surface area contributed by atoms with Crippen LogP contribution in [-0.2, 0) is 4.79 Å². The number of hydrogen-bond donors (Lipinski definition) is 2. The number of nitriles is 1. The number of nitrogens with one attached hydrogen (secondary N) is 1. The van der Waals surface area contributed by atoms with Crippen molar-refractivity contribution in [2.24, 2.45) is 5.41 Å². The van der Waals surface area contributed by atoms with E-state index in [0.717, 1.165) is 16.9 Å². The van der Waals surface area contributed by atoms with Gasteiger partial charge in [0.25, 0.3) is 0 Å². The molecule has 0 unspecified atom stereocenters. The van der Waals surface area contributed by atoms with Gasteiger partial charge in [0, 0.05) is 19.3 Å². The summed E-state index contributed by atoms with van der Waals surface area (Å²) in [4.78, 5) is 24.7. The van der Waals surface area contributed by atoms with Gasteiger partial charge in [0.1, 0.15) is 17.8 Å². The van der Waals surface area contributed by atoms with Crippen LogP contribution in [0.15, 0.2) is 18.6 Å². The Morgan fingerprint density at radius 1 is 1.45 bits per heavy atom. The van der Waals surface area contributed by atoms with E-state index in [1.54, 1.807) is 6.20 Å². The average Bonchev–Trinajstić information content (AvgIpc) is 2.95. The first-order valence-electron chi connectivity index (χ1n) is 6.34. The molecule has 2 N–H and O–H groups in total. The standard InChI is InChI=1S/C13H13N5O2/c14-7-13(12(19)20)2-5-18(6-3-13)11-9-1-4-15-10(9)16-8-17-11/h1,4,8H,2-3,5-6H2,(H,19,20)(H,15,16,17). The number of H-pyrrole nitrogens is 1. The molecule has 1 aliphatic heterocycles. The van der Waals surface area contributed by atoms with E-state index in [1.807, 2.05) is 17.0 Å². The van der Waals surface area contributed by atoms with Crippen LogP contribution < -0.4 is 4.90 Å². The van der Waals surface area contributed by atoms with Crippen molar-refractivity contribution in [3.63, 3.8) is 0 Å². The predicted molar refractivity (Wildman–Crippen MR) is 71.0 cm³/mol.